The van der Waals surface area contributed by atoms with Gasteiger partial charge in [0.2, 0.25) is 5.88 Å². The number of anilines is 1. The smallest absolute Gasteiger partial charge is 0.221 e. The maximum atomic E-state index is 6.04. The molecule has 31 heavy (non-hydrogen) atoms. The SMILES string of the molecule is CC(C)Oc1ncccc1-c1cc(N2CCOCC2)nc2c(-c3ccn[nH]3)nccc12. The monoisotopic (exact) mass is 416 g/mol. The molecule has 0 unspecified atom stereocenters. The van der Waals surface area contributed by atoms with Crippen molar-refractivity contribution in [3.63, 3.8) is 0 Å². The summed E-state index contributed by atoms with van der Waals surface area (Å²) in [4.78, 5) is 16.4. The second-order valence-electron chi connectivity index (χ2n) is 7.68. The number of hydrogen-bond acceptors (Lipinski definition) is 7. The van der Waals surface area contributed by atoms with E-state index in [-0.39, 0.29) is 6.10 Å². The second kappa shape index (κ2) is 8.31. The maximum absolute atomic E-state index is 6.04. The molecule has 4 aromatic rings. The molecule has 0 aromatic carbocycles. The highest BCUT2D eigenvalue weighted by Gasteiger charge is 2.20. The minimum Gasteiger partial charge on any atom is -0.475 e. The highest BCUT2D eigenvalue weighted by Crippen LogP contribution is 2.38. The number of pyridine rings is 3. The summed E-state index contributed by atoms with van der Waals surface area (Å²) < 4.78 is 11.6. The zero-order valence-electron chi connectivity index (χ0n) is 17.6. The molecule has 1 aliphatic heterocycles. The molecular weight excluding hydrogens is 392 g/mol. The van der Waals surface area contributed by atoms with E-state index in [0.29, 0.717) is 19.1 Å². The quantitative estimate of drug-likeness (QED) is 0.530. The fourth-order valence-corrected chi connectivity index (χ4v) is 3.81. The van der Waals surface area contributed by atoms with Crippen LogP contribution in [-0.4, -0.2) is 57.6 Å². The molecule has 1 N–H and O–H groups in total. The number of aromatic amines is 1. The van der Waals surface area contributed by atoms with Crippen LogP contribution in [0.25, 0.3) is 33.4 Å². The number of H-pyrrole nitrogens is 1. The van der Waals surface area contributed by atoms with E-state index in [9.17, 15) is 0 Å². The van der Waals surface area contributed by atoms with Crippen LogP contribution in [0.15, 0.2) is 48.9 Å². The van der Waals surface area contributed by atoms with E-state index in [4.69, 9.17) is 14.5 Å². The molecule has 1 saturated heterocycles. The zero-order chi connectivity index (χ0) is 21.2. The van der Waals surface area contributed by atoms with Crippen molar-refractivity contribution in [2.75, 3.05) is 31.2 Å². The van der Waals surface area contributed by atoms with Crippen LogP contribution in [0.2, 0.25) is 0 Å². The first kappa shape index (κ1) is 19.4. The fourth-order valence-electron chi connectivity index (χ4n) is 3.81. The van der Waals surface area contributed by atoms with Crippen LogP contribution < -0.4 is 9.64 Å². The topological polar surface area (TPSA) is 89.0 Å². The minimum absolute atomic E-state index is 0.0164. The normalized spacial score (nSPS) is 14.4. The summed E-state index contributed by atoms with van der Waals surface area (Å²) >= 11 is 0. The van der Waals surface area contributed by atoms with Gasteiger partial charge in [0.25, 0.3) is 0 Å². The summed E-state index contributed by atoms with van der Waals surface area (Å²) in [5, 5.41) is 8.10. The van der Waals surface area contributed by atoms with Crippen molar-refractivity contribution in [1.29, 1.82) is 0 Å². The number of hydrogen-bond donors (Lipinski definition) is 1. The number of morpholine rings is 1. The van der Waals surface area contributed by atoms with Crippen LogP contribution in [0, 0.1) is 0 Å². The van der Waals surface area contributed by atoms with Gasteiger partial charge in [0.15, 0.2) is 0 Å². The van der Waals surface area contributed by atoms with Gasteiger partial charge >= 0.3 is 0 Å². The van der Waals surface area contributed by atoms with E-state index >= 15 is 0 Å². The summed E-state index contributed by atoms with van der Waals surface area (Å²) in [7, 11) is 0. The minimum atomic E-state index is 0.0164. The van der Waals surface area contributed by atoms with Crippen LogP contribution in [0.3, 0.4) is 0 Å². The van der Waals surface area contributed by atoms with Gasteiger partial charge in [-0.25, -0.2) is 9.97 Å². The Balaban J connectivity index is 1.77. The van der Waals surface area contributed by atoms with Gasteiger partial charge in [-0.3, -0.25) is 10.1 Å². The first-order valence-electron chi connectivity index (χ1n) is 10.4. The highest BCUT2D eigenvalue weighted by atomic mass is 16.5. The van der Waals surface area contributed by atoms with Gasteiger partial charge in [-0.05, 0) is 44.2 Å². The van der Waals surface area contributed by atoms with Crippen LogP contribution in [0.4, 0.5) is 5.82 Å². The first-order chi connectivity index (χ1) is 15.2. The van der Waals surface area contributed by atoms with Crippen molar-refractivity contribution in [1.82, 2.24) is 25.1 Å². The number of rotatable bonds is 5. The Labute approximate surface area is 180 Å². The number of ether oxygens (including phenoxy) is 2. The molecule has 5 rings (SSSR count). The summed E-state index contributed by atoms with van der Waals surface area (Å²) in [5.41, 5.74) is 4.35. The number of fused-ring (bicyclic) bond motifs is 1. The molecule has 0 atom stereocenters. The van der Waals surface area contributed by atoms with Gasteiger partial charge in [-0.1, -0.05) is 0 Å². The Kier molecular flexibility index (Phi) is 5.21. The average Bonchev–Trinajstić information content (AvgIpc) is 3.33. The number of nitrogens with one attached hydrogen (secondary N) is 1. The van der Waals surface area contributed by atoms with Crippen LogP contribution in [-0.2, 0) is 4.74 Å². The van der Waals surface area contributed by atoms with E-state index < -0.39 is 0 Å². The van der Waals surface area contributed by atoms with Crippen molar-refractivity contribution < 1.29 is 9.47 Å². The molecule has 4 aromatic heterocycles. The van der Waals surface area contributed by atoms with E-state index in [1.165, 1.54) is 0 Å². The van der Waals surface area contributed by atoms with Crippen molar-refractivity contribution >= 4 is 16.7 Å². The zero-order valence-corrected chi connectivity index (χ0v) is 17.6. The highest BCUT2D eigenvalue weighted by molar-refractivity contribution is 6.02. The fraction of sp³-hybridized carbons (Fsp3) is 0.304. The lowest BCUT2D eigenvalue weighted by molar-refractivity contribution is 0.122. The van der Waals surface area contributed by atoms with Crippen LogP contribution in [0.1, 0.15) is 13.8 Å². The molecule has 1 fully saturated rings. The molecule has 0 amide bonds. The third-order valence-corrected chi connectivity index (χ3v) is 5.21. The van der Waals surface area contributed by atoms with Crippen LogP contribution >= 0.6 is 0 Å². The summed E-state index contributed by atoms with van der Waals surface area (Å²) in [5.74, 6) is 1.50. The van der Waals surface area contributed by atoms with Crippen molar-refractivity contribution in [2.24, 2.45) is 0 Å². The summed E-state index contributed by atoms with van der Waals surface area (Å²) in [6.07, 6.45) is 5.29. The first-order valence-corrected chi connectivity index (χ1v) is 10.4. The molecule has 8 nitrogen and oxygen atoms in total. The van der Waals surface area contributed by atoms with E-state index in [1.54, 1.807) is 18.6 Å². The van der Waals surface area contributed by atoms with E-state index in [1.807, 2.05) is 38.1 Å². The molecule has 0 aliphatic carbocycles. The molecule has 0 bridgehead atoms. The Bertz CT molecular complexity index is 1190. The predicted octanol–water partition coefficient (Wildman–Crippen LogP) is 3.71. The Morgan fingerprint density at radius 3 is 2.68 bits per heavy atom. The van der Waals surface area contributed by atoms with Gasteiger partial charge < -0.3 is 14.4 Å². The van der Waals surface area contributed by atoms with Gasteiger partial charge in [-0.15, -0.1) is 0 Å². The largest absolute Gasteiger partial charge is 0.475 e. The molecule has 8 heteroatoms. The standard InChI is InChI=1S/C23H24N6O2/c1-15(2)31-23-17(4-3-7-25-23)18-14-20(29-10-12-30-13-11-29)27-21-16(18)5-8-24-22(21)19-6-9-26-28-19/h3-9,14-15H,10-13H2,1-2H3,(H,26,28). The molecule has 0 spiro atoms. The van der Waals surface area contributed by atoms with Crippen molar-refractivity contribution in [3.05, 3.63) is 48.9 Å². The van der Waals surface area contributed by atoms with Crippen molar-refractivity contribution in [3.8, 4) is 28.4 Å². The third-order valence-electron chi connectivity index (χ3n) is 5.21. The number of aromatic nitrogens is 5. The van der Waals surface area contributed by atoms with Crippen molar-refractivity contribution in [2.45, 2.75) is 20.0 Å². The number of nitrogens with zero attached hydrogens (tertiary/aromatic N) is 5. The van der Waals surface area contributed by atoms with E-state index in [0.717, 1.165) is 52.3 Å². The van der Waals surface area contributed by atoms with Gasteiger partial charge in [0.1, 0.15) is 17.0 Å². The lowest BCUT2D eigenvalue weighted by Crippen LogP contribution is -2.36. The van der Waals surface area contributed by atoms with Crippen LogP contribution in [0.5, 0.6) is 5.88 Å². The predicted molar refractivity (Wildman–Crippen MR) is 119 cm³/mol. The molecule has 0 saturated carbocycles. The molecule has 0 radical (unpaired) electrons. The third kappa shape index (κ3) is 3.82. The molecular formula is C23H24N6O2. The molecule has 1 aliphatic rings. The van der Waals surface area contributed by atoms with Gasteiger partial charge in [-0.2, -0.15) is 5.10 Å². The summed E-state index contributed by atoms with van der Waals surface area (Å²) in [6, 6.07) is 9.99. The lowest BCUT2D eigenvalue weighted by Gasteiger charge is -2.28. The maximum Gasteiger partial charge on any atom is 0.221 e. The average molecular weight is 416 g/mol. The molecule has 158 valence electrons. The Morgan fingerprint density at radius 2 is 1.90 bits per heavy atom. The Hall–Kier alpha value is -3.52. The van der Waals surface area contributed by atoms with Gasteiger partial charge in [0.05, 0.1) is 25.0 Å². The Morgan fingerprint density at radius 1 is 1.03 bits per heavy atom. The second-order valence-corrected chi connectivity index (χ2v) is 7.68. The lowest BCUT2D eigenvalue weighted by atomic mass is 10.0. The van der Waals surface area contributed by atoms with E-state index in [2.05, 4.69) is 31.1 Å². The molecule has 5 heterocycles. The summed E-state index contributed by atoms with van der Waals surface area (Å²) in [6.45, 7) is 6.96. The van der Waals surface area contributed by atoms with Gasteiger partial charge in [0, 0.05) is 48.2 Å².